The first-order chi connectivity index (χ1) is 8.12. The maximum atomic E-state index is 10.5. The van der Waals surface area contributed by atoms with E-state index in [1.54, 1.807) is 6.20 Å². The molecule has 94 valence electrons. The zero-order valence-corrected chi connectivity index (χ0v) is 10.8. The summed E-state index contributed by atoms with van der Waals surface area (Å²) in [5.74, 6) is 0. The SMILES string of the molecule is CC(C)(C(O)c1ccccn1)N1CCCCC1. The van der Waals surface area contributed by atoms with Crippen LogP contribution in [0.3, 0.4) is 0 Å². The van der Waals surface area contributed by atoms with Crippen LogP contribution in [0.25, 0.3) is 0 Å². The van der Waals surface area contributed by atoms with Crippen LogP contribution in [0.15, 0.2) is 24.4 Å². The van der Waals surface area contributed by atoms with Crippen LogP contribution in [0.5, 0.6) is 0 Å². The van der Waals surface area contributed by atoms with Crippen molar-refractivity contribution >= 4 is 0 Å². The predicted molar refractivity (Wildman–Crippen MR) is 68.7 cm³/mol. The van der Waals surface area contributed by atoms with Gasteiger partial charge in [-0.2, -0.15) is 0 Å². The minimum atomic E-state index is -0.526. The van der Waals surface area contributed by atoms with Crippen molar-refractivity contribution in [3.05, 3.63) is 30.1 Å². The summed E-state index contributed by atoms with van der Waals surface area (Å²) in [6, 6.07) is 5.71. The van der Waals surface area contributed by atoms with E-state index in [0.29, 0.717) is 0 Å². The standard InChI is InChI=1S/C14H22N2O/c1-14(2,16-10-6-3-7-11-16)13(17)12-8-4-5-9-15-12/h4-5,8-9,13,17H,3,6-7,10-11H2,1-2H3. The molecule has 1 aromatic heterocycles. The third-order valence-corrected chi connectivity index (χ3v) is 3.81. The van der Waals surface area contributed by atoms with Gasteiger partial charge in [0.15, 0.2) is 0 Å². The molecule has 0 spiro atoms. The summed E-state index contributed by atoms with van der Waals surface area (Å²) in [7, 11) is 0. The van der Waals surface area contributed by atoms with Gasteiger partial charge in [0, 0.05) is 11.7 Å². The molecule has 1 atom stereocenters. The summed E-state index contributed by atoms with van der Waals surface area (Å²) in [5.41, 5.74) is 0.525. The number of nitrogens with zero attached hydrogens (tertiary/aromatic N) is 2. The molecule has 0 amide bonds. The van der Waals surface area contributed by atoms with E-state index in [1.807, 2.05) is 18.2 Å². The van der Waals surface area contributed by atoms with E-state index in [4.69, 9.17) is 0 Å². The van der Waals surface area contributed by atoms with Crippen molar-refractivity contribution in [2.24, 2.45) is 0 Å². The molecule has 0 aliphatic carbocycles. The van der Waals surface area contributed by atoms with E-state index in [0.717, 1.165) is 18.8 Å². The average Bonchev–Trinajstić information content (AvgIpc) is 2.40. The zero-order chi connectivity index (χ0) is 12.3. The van der Waals surface area contributed by atoms with Gasteiger partial charge in [-0.05, 0) is 51.9 Å². The minimum absolute atomic E-state index is 0.241. The second kappa shape index (κ2) is 5.15. The van der Waals surface area contributed by atoms with E-state index >= 15 is 0 Å². The maximum absolute atomic E-state index is 10.5. The predicted octanol–water partition coefficient (Wildman–Crippen LogP) is 2.38. The Balaban J connectivity index is 2.13. The third kappa shape index (κ3) is 2.67. The number of hydrogen-bond donors (Lipinski definition) is 1. The van der Waals surface area contributed by atoms with E-state index in [2.05, 4.69) is 23.7 Å². The summed E-state index contributed by atoms with van der Waals surface area (Å²) >= 11 is 0. The highest BCUT2D eigenvalue weighted by atomic mass is 16.3. The van der Waals surface area contributed by atoms with Gasteiger partial charge in [0.25, 0.3) is 0 Å². The van der Waals surface area contributed by atoms with E-state index in [-0.39, 0.29) is 5.54 Å². The number of rotatable bonds is 3. The lowest BCUT2D eigenvalue weighted by atomic mass is 9.90. The summed E-state index contributed by atoms with van der Waals surface area (Å²) in [5, 5.41) is 10.5. The van der Waals surface area contributed by atoms with Crippen LogP contribution in [-0.4, -0.2) is 33.6 Å². The topological polar surface area (TPSA) is 36.4 Å². The maximum Gasteiger partial charge on any atom is 0.114 e. The van der Waals surface area contributed by atoms with Crippen molar-refractivity contribution in [1.29, 1.82) is 0 Å². The molecule has 1 fully saturated rings. The fourth-order valence-corrected chi connectivity index (χ4v) is 2.54. The van der Waals surface area contributed by atoms with Crippen molar-refractivity contribution in [3.8, 4) is 0 Å². The average molecular weight is 234 g/mol. The fourth-order valence-electron chi connectivity index (χ4n) is 2.54. The van der Waals surface area contributed by atoms with Gasteiger partial charge < -0.3 is 5.11 Å². The van der Waals surface area contributed by atoms with Crippen LogP contribution < -0.4 is 0 Å². The zero-order valence-electron chi connectivity index (χ0n) is 10.8. The smallest absolute Gasteiger partial charge is 0.114 e. The summed E-state index contributed by atoms with van der Waals surface area (Å²) in [6.07, 6.45) is 5.00. The van der Waals surface area contributed by atoms with Gasteiger partial charge in [-0.3, -0.25) is 9.88 Å². The van der Waals surface area contributed by atoms with Crippen LogP contribution in [0.2, 0.25) is 0 Å². The van der Waals surface area contributed by atoms with Crippen LogP contribution >= 0.6 is 0 Å². The van der Waals surface area contributed by atoms with Crippen molar-refractivity contribution in [2.45, 2.75) is 44.8 Å². The van der Waals surface area contributed by atoms with E-state index < -0.39 is 6.10 Å². The number of aliphatic hydroxyl groups is 1. The molecule has 3 nitrogen and oxygen atoms in total. The Bertz CT molecular complexity index is 344. The molecular formula is C14H22N2O. The molecule has 1 aromatic rings. The highest BCUT2D eigenvalue weighted by molar-refractivity contribution is 5.11. The largest absolute Gasteiger partial charge is 0.385 e. The van der Waals surface area contributed by atoms with Crippen molar-refractivity contribution in [1.82, 2.24) is 9.88 Å². The molecule has 0 aromatic carbocycles. The van der Waals surface area contributed by atoms with Gasteiger partial charge in [-0.1, -0.05) is 12.5 Å². The van der Waals surface area contributed by atoms with Crippen molar-refractivity contribution in [3.63, 3.8) is 0 Å². The number of aliphatic hydroxyl groups excluding tert-OH is 1. The number of pyridine rings is 1. The molecule has 1 saturated heterocycles. The molecule has 0 saturated carbocycles. The lowest BCUT2D eigenvalue weighted by molar-refractivity contribution is -0.0229. The highest BCUT2D eigenvalue weighted by Crippen LogP contribution is 2.31. The third-order valence-electron chi connectivity index (χ3n) is 3.81. The second-order valence-corrected chi connectivity index (χ2v) is 5.36. The molecule has 17 heavy (non-hydrogen) atoms. The molecule has 0 radical (unpaired) electrons. The molecule has 1 aliphatic rings. The van der Waals surface area contributed by atoms with Gasteiger partial charge in [-0.25, -0.2) is 0 Å². The first-order valence-electron chi connectivity index (χ1n) is 6.46. The Labute approximate surface area is 103 Å². The summed E-state index contributed by atoms with van der Waals surface area (Å²) < 4.78 is 0. The molecule has 3 heteroatoms. The van der Waals surface area contributed by atoms with Crippen LogP contribution in [-0.2, 0) is 0 Å². The second-order valence-electron chi connectivity index (χ2n) is 5.36. The molecular weight excluding hydrogens is 212 g/mol. The number of aromatic nitrogens is 1. The van der Waals surface area contributed by atoms with Gasteiger partial charge in [0.05, 0.1) is 5.69 Å². The van der Waals surface area contributed by atoms with Crippen molar-refractivity contribution < 1.29 is 5.11 Å². The Kier molecular flexibility index (Phi) is 3.79. The Morgan fingerprint density at radius 1 is 1.24 bits per heavy atom. The van der Waals surface area contributed by atoms with Gasteiger partial charge in [-0.15, -0.1) is 0 Å². The number of hydrogen-bond acceptors (Lipinski definition) is 3. The highest BCUT2D eigenvalue weighted by Gasteiger charge is 2.36. The van der Waals surface area contributed by atoms with E-state index in [9.17, 15) is 5.11 Å². The Morgan fingerprint density at radius 3 is 2.53 bits per heavy atom. The normalized spacial score (nSPS) is 20.2. The number of likely N-dealkylation sites (tertiary alicyclic amines) is 1. The molecule has 2 rings (SSSR count). The fraction of sp³-hybridized carbons (Fsp3) is 0.643. The molecule has 2 heterocycles. The quantitative estimate of drug-likeness (QED) is 0.872. The first kappa shape index (κ1) is 12.5. The molecule has 1 N–H and O–H groups in total. The Hall–Kier alpha value is -0.930. The number of piperidine rings is 1. The summed E-state index contributed by atoms with van der Waals surface area (Å²) in [4.78, 5) is 6.65. The molecule has 1 unspecified atom stereocenters. The molecule has 1 aliphatic heterocycles. The lowest BCUT2D eigenvalue weighted by Crippen LogP contribution is -2.50. The Morgan fingerprint density at radius 2 is 1.94 bits per heavy atom. The van der Waals surface area contributed by atoms with E-state index in [1.165, 1.54) is 19.3 Å². The van der Waals surface area contributed by atoms with Gasteiger partial charge in [0.2, 0.25) is 0 Å². The molecule has 0 bridgehead atoms. The lowest BCUT2D eigenvalue weighted by Gasteiger charge is -2.43. The van der Waals surface area contributed by atoms with Crippen LogP contribution in [0.4, 0.5) is 0 Å². The monoisotopic (exact) mass is 234 g/mol. The van der Waals surface area contributed by atoms with Crippen LogP contribution in [0.1, 0.15) is 44.9 Å². The summed E-state index contributed by atoms with van der Waals surface area (Å²) in [6.45, 7) is 6.38. The van der Waals surface area contributed by atoms with Gasteiger partial charge >= 0.3 is 0 Å². The van der Waals surface area contributed by atoms with Crippen molar-refractivity contribution in [2.75, 3.05) is 13.1 Å². The first-order valence-corrected chi connectivity index (χ1v) is 6.46. The van der Waals surface area contributed by atoms with Crippen LogP contribution in [0, 0.1) is 0 Å². The van der Waals surface area contributed by atoms with Gasteiger partial charge in [0.1, 0.15) is 6.10 Å². The minimum Gasteiger partial charge on any atom is -0.385 e.